The number of pyridine rings is 2. The summed E-state index contributed by atoms with van der Waals surface area (Å²) in [6.07, 6.45) is 9.06. The highest BCUT2D eigenvalue weighted by Gasteiger charge is 2.29. The number of hydrogen-bond acceptors (Lipinski definition) is 4. The van der Waals surface area contributed by atoms with Gasteiger partial charge in [-0.1, -0.05) is 24.3 Å². The van der Waals surface area contributed by atoms with Crippen LogP contribution in [0.3, 0.4) is 0 Å². The van der Waals surface area contributed by atoms with Gasteiger partial charge < -0.3 is 5.32 Å². The molecule has 2 aromatic carbocycles. The van der Waals surface area contributed by atoms with Crippen molar-refractivity contribution in [3.05, 3.63) is 91.0 Å². The third kappa shape index (κ3) is 5.76. The predicted molar refractivity (Wildman–Crippen MR) is 129 cm³/mol. The molecule has 0 bridgehead atoms. The van der Waals surface area contributed by atoms with Crippen molar-refractivity contribution in [1.29, 1.82) is 0 Å². The molecule has 0 saturated heterocycles. The van der Waals surface area contributed by atoms with Crippen LogP contribution in [0, 0.1) is 12.8 Å². The minimum atomic E-state index is -1.22. The zero-order valence-corrected chi connectivity index (χ0v) is 18.5. The number of fused-ring (bicyclic) bond motifs is 1. The average Bonchev–Trinajstić information content (AvgIpc) is 3.67. The van der Waals surface area contributed by atoms with E-state index in [2.05, 4.69) is 20.0 Å². The normalized spacial score (nSPS) is 13.5. The third-order valence-electron chi connectivity index (χ3n) is 5.00. The van der Waals surface area contributed by atoms with Crippen molar-refractivity contribution < 1.29 is 9.00 Å². The Balaban J connectivity index is 0.000000155. The van der Waals surface area contributed by atoms with Crippen molar-refractivity contribution in [3.63, 3.8) is 0 Å². The molecule has 1 aliphatic rings. The van der Waals surface area contributed by atoms with E-state index in [0.29, 0.717) is 0 Å². The van der Waals surface area contributed by atoms with Crippen molar-refractivity contribution in [2.24, 2.45) is 5.92 Å². The van der Waals surface area contributed by atoms with E-state index in [1.807, 2.05) is 73.9 Å². The maximum absolute atomic E-state index is 11.8. The summed E-state index contributed by atoms with van der Waals surface area (Å²) >= 11 is 0. The first-order valence-electron chi connectivity index (χ1n) is 10.4. The summed E-state index contributed by atoms with van der Waals surface area (Å²) in [5.41, 5.74) is 2.76. The van der Waals surface area contributed by atoms with Crippen molar-refractivity contribution >= 4 is 39.0 Å². The fourth-order valence-electron chi connectivity index (χ4n) is 3.11. The largest absolute Gasteiger partial charge is 0.326 e. The van der Waals surface area contributed by atoms with E-state index >= 15 is 0 Å². The molecule has 1 amide bonds. The Morgan fingerprint density at radius 3 is 2.47 bits per heavy atom. The van der Waals surface area contributed by atoms with Crippen LogP contribution in [0.2, 0.25) is 0 Å². The van der Waals surface area contributed by atoms with Gasteiger partial charge in [-0.05, 0) is 67.1 Å². The van der Waals surface area contributed by atoms with Gasteiger partial charge in [0.1, 0.15) is 11.0 Å². The number of nitrogens with zero attached hydrogens (tertiary/aromatic N) is 2. The molecule has 2 N–H and O–H groups in total. The Kier molecular flexibility index (Phi) is 6.87. The van der Waals surface area contributed by atoms with Crippen LogP contribution in [-0.4, -0.2) is 20.1 Å². The number of aryl methyl sites for hydroxylation is 1. The minimum Gasteiger partial charge on any atom is -0.326 e. The minimum absolute atomic E-state index is 0.149. The fourth-order valence-corrected chi connectivity index (χ4v) is 3.97. The van der Waals surface area contributed by atoms with Gasteiger partial charge in [0.25, 0.3) is 0 Å². The Labute approximate surface area is 189 Å². The Morgan fingerprint density at radius 2 is 1.75 bits per heavy atom. The first-order valence-corrected chi connectivity index (χ1v) is 11.5. The van der Waals surface area contributed by atoms with Crippen molar-refractivity contribution in [1.82, 2.24) is 9.97 Å². The Bertz CT molecular complexity index is 1230. The lowest BCUT2D eigenvalue weighted by Gasteiger charge is -2.07. The van der Waals surface area contributed by atoms with Gasteiger partial charge in [0.15, 0.2) is 0 Å². The summed E-state index contributed by atoms with van der Waals surface area (Å²) in [7, 11) is -1.22. The number of hydrogen-bond donors (Lipinski definition) is 2. The molecule has 1 fully saturated rings. The molecule has 1 saturated carbocycles. The summed E-state index contributed by atoms with van der Waals surface area (Å²) < 4.78 is 14.7. The maximum Gasteiger partial charge on any atom is 0.227 e. The number of carbonyl (C=O) groups is 1. The molecule has 0 aliphatic heterocycles. The van der Waals surface area contributed by atoms with Crippen molar-refractivity contribution in [2.45, 2.75) is 24.7 Å². The van der Waals surface area contributed by atoms with Gasteiger partial charge in [-0.2, -0.15) is 0 Å². The zero-order chi connectivity index (χ0) is 22.3. The highest BCUT2D eigenvalue weighted by molar-refractivity contribution is 7.86. The smallest absolute Gasteiger partial charge is 0.227 e. The second-order valence-electron chi connectivity index (χ2n) is 7.58. The second kappa shape index (κ2) is 10.2. The van der Waals surface area contributed by atoms with Crippen molar-refractivity contribution in [3.8, 4) is 0 Å². The first-order chi connectivity index (χ1) is 15.6. The van der Waals surface area contributed by atoms with Crippen LogP contribution < -0.4 is 10.0 Å². The van der Waals surface area contributed by atoms with Gasteiger partial charge in [0.05, 0.1) is 16.8 Å². The number of rotatable bonds is 5. The van der Waals surface area contributed by atoms with Gasteiger partial charge in [0, 0.05) is 35.6 Å². The third-order valence-corrected chi connectivity index (χ3v) is 6.13. The number of aromatic nitrogens is 2. The molecule has 2 heterocycles. The monoisotopic (exact) mass is 444 g/mol. The van der Waals surface area contributed by atoms with Crippen LogP contribution in [-0.2, 0) is 15.8 Å². The molecule has 162 valence electrons. The first kappa shape index (κ1) is 21.6. The summed E-state index contributed by atoms with van der Waals surface area (Å²) in [5, 5.41) is 5.22. The summed E-state index contributed by atoms with van der Waals surface area (Å²) in [6, 6.07) is 18.8. The molecule has 32 heavy (non-hydrogen) atoms. The van der Waals surface area contributed by atoms with Crippen LogP contribution in [0.1, 0.15) is 18.4 Å². The molecule has 0 radical (unpaired) electrons. The van der Waals surface area contributed by atoms with Crippen LogP contribution in [0.15, 0.2) is 90.3 Å². The number of carbonyl (C=O) groups excluding carboxylic acids is 1. The van der Waals surface area contributed by atoms with Crippen molar-refractivity contribution in [2.75, 3.05) is 10.0 Å². The fraction of sp³-hybridized carbons (Fsp3) is 0.160. The SMILES string of the molecule is Cc1cncc2ccc(NC(=O)C3CC3)cc12.O=S(Nc1cccnc1)c1ccccc1. The number of amides is 1. The number of anilines is 2. The molecule has 1 atom stereocenters. The molecule has 2 aromatic heterocycles. The van der Waals surface area contributed by atoms with E-state index in [-0.39, 0.29) is 11.8 Å². The van der Waals surface area contributed by atoms with E-state index in [9.17, 15) is 9.00 Å². The molecular formula is C25H24N4O2S. The molecule has 7 heteroatoms. The molecule has 1 unspecified atom stereocenters. The Morgan fingerprint density at radius 1 is 0.938 bits per heavy atom. The van der Waals surface area contributed by atoms with Crippen LogP contribution in [0.5, 0.6) is 0 Å². The zero-order valence-electron chi connectivity index (χ0n) is 17.7. The molecule has 4 aromatic rings. The average molecular weight is 445 g/mol. The van der Waals surface area contributed by atoms with Gasteiger partial charge in [0.2, 0.25) is 5.91 Å². The highest BCUT2D eigenvalue weighted by atomic mass is 32.2. The van der Waals surface area contributed by atoms with Gasteiger partial charge in [-0.15, -0.1) is 0 Å². The van der Waals surface area contributed by atoms with Gasteiger partial charge in [-0.25, -0.2) is 4.21 Å². The standard InChI is InChI=1S/C14H14N2O.C11H10N2OS/c1-9-7-15-8-11-4-5-12(6-13(9)11)16-14(17)10-2-3-10;14-15(11-6-2-1-3-7-11)13-10-5-4-8-12-9-10/h4-8,10H,2-3H2,1H3,(H,16,17);1-9,13H. The van der Waals surface area contributed by atoms with Gasteiger partial charge in [-0.3, -0.25) is 19.5 Å². The van der Waals surface area contributed by atoms with E-state index in [4.69, 9.17) is 0 Å². The quantitative estimate of drug-likeness (QED) is 0.448. The summed E-state index contributed by atoms with van der Waals surface area (Å²) in [4.78, 5) is 20.5. The lowest BCUT2D eigenvalue weighted by molar-refractivity contribution is -0.117. The second-order valence-corrected chi connectivity index (χ2v) is 8.79. The van der Waals surface area contributed by atoms with E-state index in [1.54, 1.807) is 18.5 Å². The van der Waals surface area contributed by atoms with E-state index in [1.165, 1.54) is 0 Å². The van der Waals surface area contributed by atoms with Gasteiger partial charge >= 0.3 is 0 Å². The number of nitrogens with one attached hydrogen (secondary N) is 2. The molecular weight excluding hydrogens is 420 g/mol. The van der Waals surface area contributed by atoms with Crippen LogP contribution >= 0.6 is 0 Å². The number of benzene rings is 2. The lowest BCUT2D eigenvalue weighted by Crippen LogP contribution is -2.13. The molecule has 6 nitrogen and oxygen atoms in total. The predicted octanol–water partition coefficient (Wildman–Crippen LogP) is 5.11. The highest BCUT2D eigenvalue weighted by Crippen LogP contribution is 2.30. The topological polar surface area (TPSA) is 84.0 Å². The maximum atomic E-state index is 11.8. The van der Waals surface area contributed by atoms with E-state index in [0.717, 1.165) is 45.4 Å². The summed E-state index contributed by atoms with van der Waals surface area (Å²) in [5.74, 6) is 0.389. The van der Waals surface area contributed by atoms with Crippen LogP contribution in [0.25, 0.3) is 10.8 Å². The molecule has 0 spiro atoms. The van der Waals surface area contributed by atoms with Crippen LogP contribution in [0.4, 0.5) is 11.4 Å². The molecule has 1 aliphatic carbocycles. The van der Waals surface area contributed by atoms with E-state index < -0.39 is 11.0 Å². The Hall–Kier alpha value is -3.58. The molecule has 5 rings (SSSR count). The summed E-state index contributed by atoms with van der Waals surface area (Å²) in [6.45, 7) is 2.03. The lowest BCUT2D eigenvalue weighted by atomic mass is 10.1.